The third-order valence-corrected chi connectivity index (χ3v) is 4.75. The molecule has 1 unspecified atom stereocenters. The fourth-order valence-electron chi connectivity index (χ4n) is 3.63. The molecule has 5 heteroatoms. The number of ether oxygens (including phenoxy) is 1. The van der Waals surface area contributed by atoms with Crippen LogP contribution in [0.3, 0.4) is 0 Å². The number of hydrogen-bond donors (Lipinski definition) is 0. The molecule has 0 spiro atoms. The highest BCUT2D eigenvalue weighted by Crippen LogP contribution is 2.33. The summed E-state index contributed by atoms with van der Waals surface area (Å²) in [7, 11) is 0. The van der Waals surface area contributed by atoms with E-state index in [9.17, 15) is 9.18 Å². The van der Waals surface area contributed by atoms with Gasteiger partial charge in [-0.3, -0.25) is 4.79 Å². The van der Waals surface area contributed by atoms with E-state index in [0.717, 1.165) is 49.6 Å². The molecule has 0 amide bonds. The van der Waals surface area contributed by atoms with E-state index in [1.165, 1.54) is 0 Å². The average molecular weight is 302 g/mol. The first kappa shape index (κ1) is 13.9. The van der Waals surface area contributed by atoms with Gasteiger partial charge in [0.25, 0.3) is 0 Å². The Morgan fingerprint density at radius 2 is 2.05 bits per heavy atom. The molecule has 22 heavy (non-hydrogen) atoms. The van der Waals surface area contributed by atoms with Crippen molar-refractivity contribution < 1.29 is 13.9 Å². The first-order chi connectivity index (χ1) is 10.8. The van der Waals surface area contributed by atoms with Gasteiger partial charge in [0.1, 0.15) is 0 Å². The number of halogens is 1. The van der Waals surface area contributed by atoms with E-state index in [1.807, 2.05) is 12.1 Å². The normalized spacial score (nSPS) is 22.6. The van der Waals surface area contributed by atoms with Gasteiger partial charge in [0.2, 0.25) is 5.95 Å². The first-order valence-electron chi connectivity index (χ1n) is 8.10. The number of ketones is 1. The number of aryl methyl sites for hydroxylation is 1. The SMILES string of the molecule is O=C1CCCCc2c1ccc1c2c(F)nn1C1CCCCO1. The van der Waals surface area contributed by atoms with Gasteiger partial charge in [0.05, 0.1) is 10.9 Å². The summed E-state index contributed by atoms with van der Waals surface area (Å²) in [5.74, 6) is -0.355. The van der Waals surface area contributed by atoms with Crippen molar-refractivity contribution in [1.29, 1.82) is 0 Å². The van der Waals surface area contributed by atoms with Crippen molar-refractivity contribution in [2.45, 2.75) is 51.2 Å². The number of nitrogens with zero attached hydrogens (tertiary/aromatic N) is 2. The second-order valence-corrected chi connectivity index (χ2v) is 6.17. The topological polar surface area (TPSA) is 44.1 Å². The summed E-state index contributed by atoms with van der Waals surface area (Å²) < 4.78 is 21.9. The van der Waals surface area contributed by atoms with Gasteiger partial charge in [-0.1, -0.05) is 0 Å². The van der Waals surface area contributed by atoms with Gasteiger partial charge >= 0.3 is 0 Å². The molecule has 2 aliphatic rings. The number of fused-ring (bicyclic) bond motifs is 3. The molecule has 0 N–H and O–H groups in total. The van der Waals surface area contributed by atoms with Crippen molar-refractivity contribution in [3.63, 3.8) is 0 Å². The quantitative estimate of drug-likeness (QED) is 0.753. The third kappa shape index (κ3) is 2.15. The number of aromatic nitrogens is 2. The Morgan fingerprint density at radius 3 is 2.86 bits per heavy atom. The van der Waals surface area contributed by atoms with Crippen molar-refractivity contribution in [1.82, 2.24) is 9.78 Å². The fourth-order valence-corrected chi connectivity index (χ4v) is 3.63. The number of benzene rings is 1. The molecule has 1 aromatic carbocycles. The van der Waals surface area contributed by atoms with Gasteiger partial charge in [0.15, 0.2) is 12.0 Å². The molecule has 1 aliphatic heterocycles. The number of carbonyl (C=O) groups excluding carboxylic acids is 1. The van der Waals surface area contributed by atoms with Crippen LogP contribution in [0, 0.1) is 5.95 Å². The molecule has 2 heterocycles. The van der Waals surface area contributed by atoms with E-state index < -0.39 is 5.95 Å². The zero-order chi connectivity index (χ0) is 15.1. The maximum Gasteiger partial charge on any atom is 0.240 e. The Kier molecular flexibility index (Phi) is 3.45. The summed E-state index contributed by atoms with van der Waals surface area (Å²) in [6.07, 6.45) is 5.86. The summed E-state index contributed by atoms with van der Waals surface area (Å²) in [6, 6.07) is 3.66. The van der Waals surface area contributed by atoms with Crippen LogP contribution in [-0.4, -0.2) is 22.2 Å². The Labute approximate surface area is 128 Å². The van der Waals surface area contributed by atoms with E-state index >= 15 is 0 Å². The molecule has 2 aromatic rings. The van der Waals surface area contributed by atoms with E-state index in [4.69, 9.17) is 4.74 Å². The Bertz CT molecular complexity index is 732. The monoisotopic (exact) mass is 302 g/mol. The molecule has 0 bridgehead atoms. The van der Waals surface area contributed by atoms with Crippen LogP contribution in [0.15, 0.2) is 12.1 Å². The van der Waals surface area contributed by atoms with Gasteiger partial charge < -0.3 is 4.74 Å². The highest BCUT2D eigenvalue weighted by molar-refractivity contribution is 6.02. The number of carbonyl (C=O) groups is 1. The minimum atomic E-state index is -0.476. The van der Waals surface area contributed by atoms with Gasteiger partial charge in [-0.25, -0.2) is 4.68 Å². The first-order valence-corrected chi connectivity index (χ1v) is 8.10. The summed E-state index contributed by atoms with van der Waals surface area (Å²) in [4.78, 5) is 12.2. The van der Waals surface area contributed by atoms with Crippen LogP contribution in [0.2, 0.25) is 0 Å². The van der Waals surface area contributed by atoms with Crippen LogP contribution in [-0.2, 0) is 11.2 Å². The van der Waals surface area contributed by atoms with Gasteiger partial charge in [-0.2, -0.15) is 4.39 Å². The van der Waals surface area contributed by atoms with Crippen LogP contribution in [0.4, 0.5) is 4.39 Å². The lowest BCUT2D eigenvalue weighted by Crippen LogP contribution is -2.19. The zero-order valence-electron chi connectivity index (χ0n) is 12.5. The minimum Gasteiger partial charge on any atom is -0.356 e. The van der Waals surface area contributed by atoms with Crippen molar-refractivity contribution >= 4 is 16.7 Å². The maximum atomic E-state index is 14.5. The molecule has 1 fully saturated rings. The molecule has 0 saturated carbocycles. The van der Waals surface area contributed by atoms with Crippen molar-refractivity contribution in [2.24, 2.45) is 0 Å². The highest BCUT2D eigenvalue weighted by atomic mass is 19.1. The average Bonchev–Trinajstić information content (AvgIpc) is 2.77. The molecule has 1 saturated heterocycles. The lowest BCUT2D eigenvalue weighted by molar-refractivity contribution is -0.0375. The number of Topliss-reactive ketones (excluding diaryl/α,β-unsaturated/α-hetero) is 1. The second kappa shape index (κ2) is 5.47. The molecule has 4 nitrogen and oxygen atoms in total. The van der Waals surface area contributed by atoms with Crippen LogP contribution < -0.4 is 0 Å². The van der Waals surface area contributed by atoms with E-state index in [0.29, 0.717) is 24.0 Å². The molecular formula is C17H19FN2O2. The smallest absolute Gasteiger partial charge is 0.240 e. The fraction of sp³-hybridized carbons (Fsp3) is 0.529. The van der Waals surface area contributed by atoms with Gasteiger partial charge in [0, 0.05) is 18.6 Å². The summed E-state index contributed by atoms with van der Waals surface area (Å²) in [5.41, 5.74) is 2.26. The van der Waals surface area contributed by atoms with Crippen LogP contribution in [0.1, 0.15) is 60.7 Å². The zero-order valence-corrected chi connectivity index (χ0v) is 12.5. The van der Waals surface area contributed by atoms with Gasteiger partial charge in [-0.05, 0) is 56.2 Å². The number of rotatable bonds is 1. The van der Waals surface area contributed by atoms with E-state index in [1.54, 1.807) is 4.68 Å². The summed E-state index contributed by atoms with van der Waals surface area (Å²) >= 11 is 0. The molecule has 1 atom stereocenters. The van der Waals surface area contributed by atoms with Crippen LogP contribution in [0.5, 0.6) is 0 Å². The Hall–Kier alpha value is -1.75. The standard InChI is InChI=1S/C17H19FN2O2/c18-17-16-12-5-1-2-6-14(21)11(12)8-9-13(16)20(19-17)15-7-3-4-10-22-15/h8-9,15H,1-7,10H2. The van der Waals surface area contributed by atoms with E-state index in [2.05, 4.69) is 5.10 Å². The lowest BCUT2D eigenvalue weighted by Gasteiger charge is -2.23. The molecule has 1 aromatic heterocycles. The van der Waals surface area contributed by atoms with Crippen LogP contribution >= 0.6 is 0 Å². The van der Waals surface area contributed by atoms with Crippen LogP contribution in [0.25, 0.3) is 10.9 Å². The largest absolute Gasteiger partial charge is 0.356 e. The van der Waals surface area contributed by atoms with Crippen molar-refractivity contribution in [3.05, 3.63) is 29.2 Å². The van der Waals surface area contributed by atoms with Crippen molar-refractivity contribution in [2.75, 3.05) is 6.61 Å². The summed E-state index contributed by atoms with van der Waals surface area (Å²) in [5, 5.41) is 4.61. The minimum absolute atomic E-state index is 0.121. The van der Waals surface area contributed by atoms with Gasteiger partial charge in [-0.15, -0.1) is 5.10 Å². The molecule has 4 rings (SSSR count). The molecule has 116 valence electrons. The number of hydrogen-bond acceptors (Lipinski definition) is 3. The Balaban J connectivity index is 1.89. The predicted octanol–water partition coefficient (Wildman–Crippen LogP) is 3.78. The Morgan fingerprint density at radius 1 is 1.18 bits per heavy atom. The third-order valence-electron chi connectivity index (χ3n) is 4.75. The molecule has 0 radical (unpaired) electrons. The molecular weight excluding hydrogens is 283 g/mol. The molecule has 1 aliphatic carbocycles. The maximum absolute atomic E-state index is 14.5. The second-order valence-electron chi connectivity index (χ2n) is 6.17. The lowest BCUT2D eigenvalue weighted by atomic mass is 9.98. The van der Waals surface area contributed by atoms with Crippen molar-refractivity contribution in [3.8, 4) is 0 Å². The predicted molar refractivity (Wildman–Crippen MR) is 80.4 cm³/mol. The van der Waals surface area contributed by atoms with E-state index in [-0.39, 0.29) is 12.0 Å². The summed E-state index contributed by atoms with van der Waals surface area (Å²) in [6.45, 7) is 0.692. The highest BCUT2D eigenvalue weighted by Gasteiger charge is 2.26.